The lowest BCUT2D eigenvalue weighted by Crippen LogP contribution is -1.97. The first kappa shape index (κ1) is 13.0. The fourth-order valence-electron chi connectivity index (χ4n) is 1.90. The largest absolute Gasteiger partial charge is 0.233 e. The lowest BCUT2D eigenvalue weighted by Gasteiger charge is -2.06. The van der Waals surface area contributed by atoms with E-state index in [2.05, 4.69) is 48.1 Å². The van der Waals surface area contributed by atoms with Crippen LogP contribution in [0.15, 0.2) is 30.3 Å². The highest BCUT2D eigenvalue weighted by molar-refractivity contribution is 6.29. The molecule has 0 radical (unpaired) electrons. The van der Waals surface area contributed by atoms with E-state index < -0.39 is 0 Å². The molecule has 1 aromatic carbocycles. The summed E-state index contributed by atoms with van der Waals surface area (Å²) in [6, 6.07) is 10.2. The number of rotatable bonds is 4. The minimum absolute atomic E-state index is 0.519. The third kappa shape index (κ3) is 3.08. The second-order valence-electron chi connectivity index (χ2n) is 4.30. The van der Waals surface area contributed by atoms with Gasteiger partial charge in [-0.15, -0.1) is 0 Å². The molecule has 0 fully saturated rings. The zero-order chi connectivity index (χ0) is 13.0. The summed E-state index contributed by atoms with van der Waals surface area (Å²) < 4.78 is 0. The van der Waals surface area contributed by atoms with Gasteiger partial charge < -0.3 is 0 Å². The first-order chi connectivity index (χ1) is 8.72. The third-order valence-electron chi connectivity index (χ3n) is 2.85. The number of aryl methyl sites for hydroxylation is 2. The number of halogens is 1. The summed E-state index contributed by atoms with van der Waals surface area (Å²) in [5.74, 6) is 0.821. The summed E-state index contributed by atoms with van der Waals surface area (Å²) in [5, 5.41) is 0.519. The molecule has 0 unspecified atom stereocenters. The van der Waals surface area contributed by atoms with Gasteiger partial charge >= 0.3 is 0 Å². The van der Waals surface area contributed by atoms with E-state index in [1.165, 1.54) is 5.56 Å². The van der Waals surface area contributed by atoms with Crippen molar-refractivity contribution in [2.75, 3.05) is 0 Å². The summed E-state index contributed by atoms with van der Waals surface area (Å²) in [6.45, 7) is 4.26. The highest BCUT2D eigenvalue weighted by Gasteiger charge is 2.05. The molecule has 0 bridgehead atoms. The quantitative estimate of drug-likeness (QED) is 0.766. The predicted octanol–water partition coefficient (Wildman–Crippen LogP) is 4.31. The maximum atomic E-state index is 6.06. The molecular formula is C15H17ClN2. The molecule has 0 saturated carbocycles. The van der Waals surface area contributed by atoms with Crippen LogP contribution in [0.25, 0.3) is 11.3 Å². The van der Waals surface area contributed by atoms with Gasteiger partial charge in [-0.25, -0.2) is 9.97 Å². The number of benzene rings is 1. The average Bonchev–Trinajstić information content (AvgIpc) is 2.38. The Labute approximate surface area is 113 Å². The SMILES string of the molecule is CCCc1nc(Cl)cc(-c2cccc(CC)c2)n1. The summed E-state index contributed by atoms with van der Waals surface area (Å²) >= 11 is 6.06. The number of aromatic nitrogens is 2. The van der Waals surface area contributed by atoms with Crippen molar-refractivity contribution >= 4 is 11.6 Å². The second kappa shape index (κ2) is 5.96. The van der Waals surface area contributed by atoms with Gasteiger partial charge in [-0.1, -0.05) is 43.6 Å². The molecule has 18 heavy (non-hydrogen) atoms. The second-order valence-corrected chi connectivity index (χ2v) is 4.68. The lowest BCUT2D eigenvalue weighted by molar-refractivity contribution is 0.836. The standard InChI is InChI=1S/C15H17ClN2/c1-3-6-15-17-13(10-14(16)18-15)12-8-5-7-11(4-2)9-12/h5,7-10H,3-4,6H2,1-2H3. The topological polar surface area (TPSA) is 25.8 Å². The monoisotopic (exact) mass is 260 g/mol. The Hall–Kier alpha value is -1.41. The van der Waals surface area contributed by atoms with Crippen molar-refractivity contribution in [3.63, 3.8) is 0 Å². The molecule has 3 heteroatoms. The van der Waals surface area contributed by atoms with Gasteiger partial charge in [-0.2, -0.15) is 0 Å². The van der Waals surface area contributed by atoms with Gasteiger partial charge in [0.2, 0.25) is 0 Å². The van der Waals surface area contributed by atoms with Crippen LogP contribution in [0.5, 0.6) is 0 Å². The van der Waals surface area contributed by atoms with Gasteiger partial charge in [-0.05, 0) is 24.5 Å². The molecule has 94 valence electrons. The molecular weight excluding hydrogens is 244 g/mol. The van der Waals surface area contributed by atoms with E-state index in [4.69, 9.17) is 11.6 Å². The van der Waals surface area contributed by atoms with Crippen LogP contribution in [0.2, 0.25) is 5.15 Å². The fourth-order valence-corrected chi connectivity index (χ4v) is 2.10. The van der Waals surface area contributed by atoms with Crippen molar-refractivity contribution in [3.8, 4) is 11.3 Å². The van der Waals surface area contributed by atoms with Crippen LogP contribution in [0.4, 0.5) is 0 Å². The predicted molar refractivity (Wildman–Crippen MR) is 75.9 cm³/mol. The fraction of sp³-hybridized carbons (Fsp3) is 0.333. The highest BCUT2D eigenvalue weighted by Crippen LogP contribution is 2.21. The third-order valence-corrected chi connectivity index (χ3v) is 3.04. The first-order valence-corrected chi connectivity index (χ1v) is 6.73. The van der Waals surface area contributed by atoms with Crippen LogP contribution in [-0.2, 0) is 12.8 Å². The zero-order valence-electron chi connectivity index (χ0n) is 10.8. The first-order valence-electron chi connectivity index (χ1n) is 6.35. The van der Waals surface area contributed by atoms with E-state index in [0.29, 0.717) is 5.15 Å². The normalized spacial score (nSPS) is 10.6. The summed E-state index contributed by atoms with van der Waals surface area (Å²) in [4.78, 5) is 8.82. The van der Waals surface area contributed by atoms with Gasteiger partial charge in [0.25, 0.3) is 0 Å². The van der Waals surface area contributed by atoms with Crippen molar-refractivity contribution in [2.45, 2.75) is 33.1 Å². The maximum absolute atomic E-state index is 6.06. The van der Waals surface area contributed by atoms with E-state index in [-0.39, 0.29) is 0 Å². The van der Waals surface area contributed by atoms with Gasteiger partial charge in [0.1, 0.15) is 11.0 Å². The molecule has 0 amide bonds. The van der Waals surface area contributed by atoms with Crippen LogP contribution >= 0.6 is 11.6 Å². The molecule has 2 rings (SSSR count). The smallest absolute Gasteiger partial charge is 0.133 e. The Morgan fingerprint density at radius 3 is 2.67 bits per heavy atom. The molecule has 2 aromatic rings. The number of hydrogen-bond donors (Lipinski definition) is 0. The Morgan fingerprint density at radius 1 is 1.11 bits per heavy atom. The molecule has 0 aliphatic heterocycles. The Balaban J connectivity index is 2.42. The van der Waals surface area contributed by atoms with Crippen LogP contribution in [0, 0.1) is 0 Å². The Bertz CT molecular complexity index is 538. The molecule has 0 saturated heterocycles. The van der Waals surface area contributed by atoms with Gasteiger partial charge in [0.05, 0.1) is 5.69 Å². The van der Waals surface area contributed by atoms with Crippen molar-refractivity contribution < 1.29 is 0 Å². The number of nitrogens with zero attached hydrogens (tertiary/aromatic N) is 2. The van der Waals surface area contributed by atoms with Crippen molar-refractivity contribution in [3.05, 3.63) is 46.9 Å². The van der Waals surface area contributed by atoms with Gasteiger partial charge in [-0.3, -0.25) is 0 Å². The van der Waals surface area contributed by atoms with Crippen LogP contribution in [0.3, 0.4) is 0 Å². The van der Waals surface area contributed by atoms with Crippen LogP contribution in [-0.4, -0.2) is 9.97 Å². The van der Waals surface area contributed by atoms with Gasteiger partial charge in [0.15, 0.2) is 0 Å². The zero-order valence-corrected chi connectivity index (χ0v) is 11.5. The number of hydrogen-bond acceptors (Lipinski definition) is 2. The molecule has 0 atom stereocenters. The molecule has 2 nitrogen and oxygen atoms in total. The molecule has 0 spiro atoms. The summed E-state index contributed by atoms with van der Waals surface area (Å²) in [6.07, 6.45) is 2.91. The van der Waals surface area contributed by atoms with Gasteiger partial charge in [0, 0.05) is 18.1 Å². The van der Waals surface area contributed by atoms with Crippen LogP contribution < -0.4 is 0 Å². The van der Waals surface area contributed by atoms with E-state index >= 15 is 0 Å². The Kier molecular flexibility index (Phi) is 4.32. The van der Waals surface area contributed by atoms with E-state index in [9.17, 15) is 0 Å². The van der Waals surface area contributed by atoms with Crippen molar-refractivity contribution in [1.82, 2.24) is 9.97 Å². The molecule has 0 N–H and O–H groups in total. The minimum atomic E-state index is 0.519. The van der Waals surface area contributed by atoms with Crippen LogP contribution in [0.1, 0.15) is 31.7 Å². The summed E-state index contributed by atoms with van der Waals surface area (Å²) in [5.41, 5.74) is 3.32. The summed E-state index contributed by atoms with van der Waals surface area (Å²) in [7, 11) is 0. The molecule has 1 heterocycles. The van der Waals surface area contributed by atoms with E-state index in [1.54, 1.807) is 0 Å². The highest BCUT2D eigenvalue weighted by atomic mass is 35.5. The molecule has 0 aliphatic carbocycles. The maximum Gasteiger partial charge on any atom is 0.133 e. The van der Waals surface area contributed by atoms with Crippen molar-refractivity contribution in [2.24, 2.45) is 0 Å². The minimum Gasteiger partial charge on any atom is -0.233 e. The lowest BCUT2D eigenvalue weighted by atomic mass is 10.1. The molecule has 0 aliphatic rings. The van der Waals surface area contributed by atoms with Crippen molar-refractivity contribution in [1.29, 1.82) is 0 Å². The average molecular weight is 261 g/mol. The van der Waals surface area contributed by atoms with E-state index in [0.717, 1.165) is 36.3 Å². The van der Waals surface area contributed by atoms with E-state index in [1.807, 2.05) is 6.07 Å². The Morgan fingerprint density at radius 2 is 1.94 bits per heavy atom. The molecule has 1 aromatic heterocycles.